The lowest BCUT2D eigenvalue weighted by Crippen LogP contribution is -2.14. The summed E-state index contributed by atoms with van der Waals surface area (Å²) >= 11 is 3.82. The zero-order valence-electron chi connectivity index (χ0n) is 20.6. The molecule has 0 unspecified atom stereocenters. The molecule has 2 heteroatoms. The van der Waals surface area contributed by atoms with Gasteiger partial charge >= 0.3 is 0 Å². The largest absolute Gasteiger partial charge is 0.135 e. The Kier molecular flexibility index (Phi) is 4.86. The van der Waals surface area contributed by atoms with E-state index in [0.717, 1.165) is 0 Å². The van der Waals surface area contributed by atoms with Gasteiger partial charge in [-0.2, -0.15) is 0 Å². The molecule has 0 saturated carbocycles. The van der Waals surface area contributed by atoms with Gasteiger partial charge in [0.05, 0.1) is 0 Å². The third kappa shape index (κ3) is 3.25. The standard InChI is InChI=1S/C34H26S2/c1-34(2,3)31-23(27-17-9-15-25-21-11-4-6-19-29(21)35-32(25)27)13-8-14-24(31)28-18-10-16-26-22-12-5-7-20-30(22)36-33(26)28/h4-20H,1-3H3. The minimum Gasteiger partial charge on any atom is -0.135 e. The Balaban J connectivity index is 1.56. The highest BCUT2D eigenvalue weighted by molar-refractivity contribution is 7.26. The molecule has 174 valence electrons. The quantitative estimate of drug-likeness (QED) is 0.222. The highest BCUT2D eigenvalue weighted by atomic mass is 32.1. The summed E-state index contributed by atoms with van der Waals surface area (Å²) in [6, 6.07) is 38.1. The van der Waals surface area contributed by atoms with Gasteiger partial charge < -0.3 is 0 Å². The minimum absolute atomic E-state index is 0.0242. The van der Waals surface area contributed by atoms with Crippen molar-refractivity contribution in [1.29, 1.82) is 0 Å². The van der Waals surface area contributed by atoms with Crippen LogP contribution in [-0.4, -0.2) is 0 Å². The van der Waals surface area contributed by atoms with Gasteiger partial charge in [0.25, 0.3) is 0 Å². The third-order valence-corrected chi connectivity index (χ3v) is 9.64. The normalized spacial score (nSPS) is 12.3. The second-order valence-electron chi connectivity index (χ2n) is 10.5. The van der Waals surface area contributed by atoms with E-state index < -0.39 is 0 Å². The average molecular weight is 499 g/mol. The molecule has 0 bridgehead atoms. The predicted octanol–water partition coefficient (Wildman–Crippen LogP) is 11.1. The summed E-state index contributed by atoms with van der Waals surface area (Å²) in [7, 11) is 0. The Hall–Kier alpha value is -3.46. The van der Waals surface area contributed by atoms with Crippen molar-refractivity contribution in [3.05, 3.63) is 109 Å². The summed E-state index contributed by atoms with van der Waals surface area (Å²) in [5.74, 6) is 0. The van der Waals surface area contributed by atoms with Crippen molar-refractivity contribution in [1.82, 2.24) is 0 Å². The van der Waals surface area contributed by atoms with E-state index in [2.05, 4.69) is 124 Å². The molecule has 0 saturated heterocycles. The molecule has 7 rings (SSSR count). The first-order valence-corrected chi connectivity index (χ1v) is 14.1. The zero-order chi connectivity index (χ0) is 24.4. The molecule has 0 spiro atoms. The fourth-order valence-corrected chi connectivity index (χ4v) is 8.19. The molecule has 0 N–H and O–H groups in total. The summed E-state index contributed by atoms with van der Waals surface area (Å²) in [4.78, 5) is 0. The third-order valence-electron chi connectivity index (χ3n) is 7.20. The Bertz CT molecular complexity index is 1790. The van der Waals surface area contributed by atoms with Gasteiger partial charge in [0.1, 0.15) is 0 Å². The van der Waals surface area contributed by atoms with E-state index in [-0.39, 0.29) is 5.41 Å². The van der Waals surface area contributed by atoms with Gasteiger partial charge in [-0.25, -0.2) is 0 Å². The first kappa shape index (κ1) is 21.8. The van der Waals surface area contributed by atoms with Gasteiger partial charge in [-0.1, -0.05) is 112 Å². The van der Waals surface area contributed by atoms with Crippen molar-refractivity contribution >= 4 is 63.0 Å². The van der Waals surface area contributed by atoms with Gasteiger partial charge in [-0.05, 0) is 45.4 Å². The van der Waals surface area contributed by atoms with E-state index in [1.165, 1.54) is 68.2 Å². The number of hydrogen-bond donors (Lipinski definition) is 0. The van der Waals surface area contributed by atoms with Crippen LogP contribution >= 0.6 is 22.7 Å². The fourth-order valence-electron chi connectivity index (χ4n) is 5.73. The molecule has 0 nitrogen and oxygen atoms in total. The molecule has 36 heavy (non-hydrogen) atoms. The SMILES string of the molecule is CC(C)(C)c1c(-c2cccc3c2sc2ccccc23)cccc1-c1cccc2c1sc1ccccc12. The summed E-state index contributed by atoms with van der Waals surface area (Å²) in [5, 5.41) is 5.40. The number of fused-ring (bicyclic) bond motifs is 6. The van der Waals surface area contributed by atoms with Crippen LogP contribution in [0.15, 0.2) is 103 Å². The van der Waals surface area contributed by atoms with Crippen LogP contribution in [0.5, 0.6) is 0 Å². The lowest BCUT2D eigenvalue weighted by molar-refractivity contribution is 0.594. The summed E-state index contributed by atoms with van der Waals surface area (Å²) in [5.41, 5.74) is 6.75. The molecule has 0 radical (unpaired) electrons. The smallest absolute Gasteiger partial charge is 0.0433 e. The molecule has 0 aliphatic heterocycles. The second kappa shape index (κ2) is 8.03. The molecular formula is C34H26S2. The van der Waals surface area contributed by atoms with Crippen LogP contribution in [0.25, 0.3) is 62.6 Å². The summed E-state index contributed by atoms with van der Waals surface area (Å²) in [6.45, 7) is 7.06. The minimum atomic E-state index is -0.0242. The average Bonchev–Trinajstić information content (AvgIpc) is 3.46. The monoisotopic (exact) mass is 498 g/mol. The van der Waals surface area contributed by atoms with Crippen LogP contribution in [0.3, 0.4) is 0 Å². The highest BCUT2D eigenvalue weighted by Gasteiger charge is 2.25. The van der Waals surface area contributed by atoms with E-state index >= 15 is 0 Å². The second-order valence-corrected chi connectivity index (χ2v) is 12.6. The maximum Gasteiger partial charge on any atom is 0.0433 e. The Morgan fingerprint density at radius 3 is 1.28 bits per heavy atom. The van der Waals surface area contributed by atoms with Crippen LogP contribution in [0.2, 0.25) is 0 Å². The topological polar surface area (TPSA) is 0 Å². The van der Waals surface area contributed by atoms with E-state index in [1.807, 2.05) is 22.7 Å². The van der Waals surface area contributed by atoms with Gasteiger partial charge in [0, 0.05) is 40.3 Å². The van der Waals surface area contributed by atoms with Crippen molar-refractivity contribution in [3.8, 4) is 22.3 Å². The first-order valence-electron chi connectivity index (χ1n) is 12.5. The first-order chi connectivity index (χ1) is 17.5. The van der Waals surface area contributed by atoms with Gasteiger partial charge in [-0.3, -0.25) is 0 Å². The lowest BCUT2D eigenvalue weighted by atomic mass is 9.77. The Morgan fingerprint density at radius 1 is 0.417 bits per heavy atom. The van der Waals surface area contributed by atoms with E-state index in [0.29, 0.717) is 0 Å². The van der Waals surface area contributed by atoms with Crippen LogP contribution in [0, 0.1) is 0 Å². The molecule has 0 aliphatic carbocycles. The summed E-state index contributed by atoms with van der Waals surface area (Å²) < 4.78 is 5.45. The van der Waals surface area contributed by atoms with Crippen LogP contribution in [-0.2, 0) is 5.41 Å². The van der Waals surface area contributed by atoms with E-state index in [1.54, 1.807) is 0 Å². The van der Waals surface area contributed by atoms with Crippen LogP contribution < -0.4 is 0 Å². The number of thiophene rings is 2. The highest BCUT2D eigenvalue weighted by Crippen LogP contribution is 2.48. The van der Waals surface area contributed by atoms with Crippen LogP contribution in [0.1, 0.15) is 26.3 Å². The van der Waals surface area contributed by atoms with Crippen molar-refractivity contribution < 1.29 is 0 Å². The molecule has 0 fully saturated rings. The van der Waals surface area contributed by atoms with Crippen molar-refractivity contribution in [3.63, 3.8) is 0 Å². The maximum absolute atomic E-state index is 2.35. The Labute approximate surface area is 219 Å². The van der Waals surface area contributed by atoms with E-state index in [4.69, 9.17) is 0 Å². The number of benzene rings is 5. The van der Waals surface area contributed by atoms with Gasteiger partial charge in [-0.15, -0.1) is 22.7 Å². The molecule has 0 amide bonds. The lowest BCUT2D eigenvalue weighted by Gasteiger charge is -2.27. The molecule has 2 aromatic heterocycles. The summed E-state index contributed by atoms with van der Waals surface area (Å²) in [6.07, 6.45) is 0. The van der Waals surface area contributed by atoms with Crippen LogP contribution in [0.4, 0.5) is 0 Å². The molecule has 2 heterocycles. The van der Waals surface area contributed by atoms with Gasteiger partial charge in [0.15, 0.2) is 0 Å². The van der Waals surface area contributed by atoms with E-state index in [9.17, 15) is 0 Å². The Morgan fingerprint density at radius 2 is 0.806 bits per heavy atom. The molecular weight excluding hydrogens is 473 g/mol. The molecule has 7 aromatic rings. The van der Waals surface area contributed by atoms with Crippen molar-refractivity contribution in [2.45, 2.75) is 26.2 Å². The van der Waals surface area contributed by atoms with Crippen molar-refractivity contribution in [2.24, 2.45) is 0 Å². The fraction of sp³-hybridized carbons (Fsp3) is 0.118. The van der Waals surface area contributed by atoms with Gasteiger partial charge in [0.2, 0.25) is 0 Å². The maximum atomic E-state index is 2.35. The number of hydrogen-bond acceptors (Lipinski definition) is 2. The molecule has 0 atom stereocenters. The van der Waals surface area contributed by atoms with Crippen molar-refractivity contribution in [2.75, 3.05) is 0 Å². The number of rotatable bonds is 2. The predicted molar refractivity (Wildman–Crippen MR) is 162 cm³/mol. The molecule has 5 aromatic carbocycles. The molecule has 0 aliphatic rings. The zero-order valence-corrected chi connectivity index (χ0v) is 22.3.